The highest BCUT2D eigenvalue weighted by Gasteiger charge is 2.00. The molecule has 0 bridgehead atoms. The molecular formula is C7H12N6. The van der Waals surface area contributed by atoms with E-state index in [2.05, 4.69) is 15.2 Å². The van der Waals surface area contributed by atoms with E-state index < -0.39 is 0 Å². The lowest BCUT2D eigenvalue weighted by atomic mass is 10.3. The molecule has 1 heterocycles. The number of hydrogen-bond donors (Lipinski definition) is 2. The standard InChI is InChI=1S/C7H12N6/c1-5(11-12-7(8)9)6-3-10-4-13(6)2/h3-4H,1-2H3,(H4,8,9,12)/b11-5+. The molecule has 0 aliphatic heterocycles. The third-order valence-electron chi connectivity index (χ3n) is 1.50. The summed E-state index contributed by atoms with van der Waals surface area (Å²) in [6, 6.07) is 0. The van der Waals surface area contributed by atoms with Gasteiger partial charge in [0.15, 0.2) is 0 Å². The number of guanidine groups is 1. The summed E-state index contributed by atoms with van der Waals surface area (Å²) in [6.45, 7) is 1.81. The van der Waals surface area contributed by atoms with Crippen LogP contribution in [0.25, 0.3) is 0 Å². The van der Waals surface area contributed by atoms with Gasteiger partial charge in [-0.3, -0.25) is 0 Å². The Morgan fingerprint density at radius 1 is 1.46 bits per heavy atom. The first-order valence-electron chi connectivity index (χ1n) is 3.71. The van der Waals surface area contributed by atoms with Crippen LogP contribution in [-0.4, -0.2) is 21.2 Å². The van der Waals surface area contributed by atoms with E-state index in [4.69, 9.17) is 11.5 Å². The van der Waals surface area contributed by atoms with Crippen LogP contribution in [0.15, 0.2) is 22.7 Å². The van der Waals surface area contributed by atoms with E-state index in [1.807, 2.05) is 18.5 Å². The number of nitrogens with two attached hydrogens (primary N) is 2. The Hall–Kier alpha value is -1.85. The molecule has 70 valence electrons. The van der Waals surface area contributed by atoms with Gasteiger partial charge >= 0.3 is 0 Å². The summed E-state index contributed by atoms with van der Waals surface area (Å²) in [6.07, 6.45) is 3.38. The van der Waals surface area contributed by atoms with Gasteiger partial charge in [0.05, 0.1) is 23.9 Å². The molecule has 0 saturated carbocycles. The molecule has 0 atom stereocenters. The van der Waals surface area contributed by atoms with E-state index in [0.717, 1.165) is 5.69 Å². The molecule has 0 saturated heterocycles. The molecule has 0 fully saturated rings. The number of hydrogen-bond acceptors (Lipinski definition) is 3. The van der Waals surface area contributed by atoms with Gasteiger partial charge in [-0.05, 0) is 6.92 Å². The Morgan fingerprint density at radius 2 is 2.15 bits per heavy atom. The number of rotatable bonds is 2. The average Bonchev–Trinajstić information content (AvgIpc) is 2.47. The van der Waals surface area contributed by atoms with Crippen molar-refractivity contribution in [3.8, 4) is 0 Å². The molecule has 1 rings (SSSR count). The zero-order valence-electron chi connectivity index (χ0n) is 7.60. The molecule has 1 aromatic heterocycles. The SMILES string of the molecule is C/C(=N\N=C(N)N)c1cncn1C. The molecule has 0 radical (unpaired) electrons. The summed E-state index contributed by atoms with van der Waals surface area (Å²) in [7, 11) is 1.87. The molecule has 0 amide bonds. The summed E-state index contributed by atoms with van der Waals surface area (Å²) in [4.78, 5) is 3.94. The molecule has 4 N–H and O–H groups in total. The minimum atomic E-state index is -0.0541. The number of imidazole rings is 1. The van der Waals surface area contributed by atoms with Gasteiger partial charge in [-0.25, -0.2) is 4.98 Å². The first kappa shape index (κ1) is 9.24. The van der Waals surface area contributed by atoms with Gasteiger partial charge in [0.2, 0.25) is 5.96 Å². The van der Waals surface area contributed by atoms with Gasteiger partial charge in [0, 0.05) is 7.05 Å². The summed E-state index contributed by atoms with van der Waals surface area (Å²) < 4.78 is 1.83. The minimum Gasteiger partial charge on any atom is -0.369 e. The highest BCUT2D eigenvalue weighted by molar-refractivity contribution is 5.97. The van der Waals surface area contributed by atoms with Crippen molar-refractivity contribution in [2.24, 2.45) is 28.7 Å². The van der Waals surface area contributed by atoms with Crippen LogP contribution in [0.2, 0.25) is 0 Å². The molecule has 0 aliphatic rings. The zero-order valence-corrected chi connectivity index (χ0v) is 7.60. The van der Waals surface area contributed by atoms with Crippen molar-refractivity contribution in [3.63, 3.8) is 0 Å². The highest BCUT2D eigenvalue weighted by atomic mass is 15.3. The lowest BCUT2D eigenvalue weighted by Gasteiger charge is -1.98. The smallest absolute Gasteiger partial charge is 0.211 e. The predicted molar refractivity (Wildman–Crippen MR) is 51.2 cm³/mol. The van der Waals surface area contributed by atoms with Gasteiger partial charge in [0.25, 0.3) is 0 Å². The highest BCUT2D eigenvalue weighted by Crippen LogP contribution is 1.98. The van der Waals surface area contributed by atoms with Crippen LogP contribution in [0.1, 0.15) is 12.6 Å². The normalized spacial score (nSPS) is 11.4. The second-order valence-electron chi connectivity index (χ2n) is 2.60. The van der Waals surface area contributed by atoms with Gasteiger partial charge in [0.1, 0.15) is 0 Å². The fourth-order valence-corrected chi connectivity index (χ4v) is 0.890. The maximum Gasteiger partial charge on any atom is 0.211 e. The molecule has 0 spiro atoms. The van der Waals surface area contributed by atoms with Crippen LogP contribution in [0, 0.1) is 0 Å². The van der Waals surface area contributed by atoms with E-state index in [9.17, 15) is 0 Å². The largest absolute Gasteiger partial charge is 0.369 e. The van der Waals surface area contributed by atoms with Crippen LogP contribution in [0.5, 0.6) is 0 Å². The Labute approximate surface area is 76.0 Å². The third kappa shape index (κ3) is 2.29. The maximum atomic E-state index is 5.13. The molecule has 13 heavy (non-hydrogen) atoms. The Bertz CT molecular complexity index is 344. The van der Waals surface area contributed by atoms with E-state index in [-0.39, 0.29) is 5.96 Å². The Kier molecular flexibility index (Phi) is 2.63. The van der Waals surface area contributed by atoms with Gasteiger partial charge in [-0.15, -0.1) is 5.10 Å². The minimum absolute atomic E-state index is 0.0541. The fraction of sp³-hybridized carbons (Fsp3) is 0.286. The predicted octanol–water partition coefficient (Wildman–Crippen LogP) is -0.582. The second-order valence-corrected chi connectivity index (χ2v) is 2.60. The van der Waals surface area contributed by atoms with Crippen LogP contribution in [0.4, 0.5) is 0 Å². The summed E-state index contributed by atoms with van der Waals surface area (Å²) >= 11 is 0. The maximum absolute atomic E-state index is 5.13. The average molecular weight is 180 g/mol. The number of aromatic nitrogens is 2. The van der Waals surface area contributed by atoms with Crippen LogP contribution in [0.3, 0.4) is 0 Å². The number of aryl methyl sites for hydroxylation is 1. The van der Waals surface area contributed by atoms with E-state index in [1.54, 1.807) is 12.5 Å². The molecule has 0 unspecified atom stereocenters. The van der Waals surface area contributed by atoms with Crippen molar-refractivity contribution in [1.82, 2.24) is 9.55 Å². The molecule has 1 aromatic rings. The molecule has 6 nitrogen and oxygen atoms in total. The molecule has 6 heteroatoms. The fourth-order valence-electron chi connectivity index (χ4n) is 0.890. The molecule has 0 aromatic carbocycles. The van der Waals surface area contributed by atoms with Crippen LogP contribution in [-0.2, 0) is 7.05 Å². The van der Waals surface area contributed by atoms with Crippen molar-refractivity contribution in [1.29, 1.82) is 0 Å². The zero-order chi connectivity index (χ0) is 9.84. The van der Waals surface area contributed by atoms with Crippen molar-refractivity contribution < 1.29 is 0 Å². The van der Waals surface area contributed by atoms with Gasteiger partial charge in [-0.2, -0.15) is 5.10 Å². The summed E-state index contributed by atoms with van der Waals surface area (Å²) in [5.41, 5.74) is 11.9. The third-order valence-corrected chi connectivity index (χ3v) is 1.50. The lowest BCUT2D eigenvalue weighted by Crippen LogP contribution is -2.22. The van der Waals surface area contributed by atoms with Gasteiger partial charge in [-0.1, -0.05) is 0 Å². The Balaban J connectivity index is 2.91. The summed E-state index contributed by atoms with van der Waals surface area (Å²) in [5.74, 6) is -0.0541. The number of nitrogens with zero attached hydrogens (tertiary/aromatic N) is 4. The first-order valence-corrected chi connectivity index (χ1v) is 3.71. The lowest BCUT2D eigenvalue weighted by molar-refractivity contribution is 0.899. The van der Waals surface area contributed by atoms with Crippen molar-refractivity contribution in [2.75, 3.05) is 0 Å². The van der Waals surface area contributed by atoms with E-state index in [0.29, 0.717) is 5.71 Å². The van der Waals surface area contributed by atoms with Crippen molar-refractivity contribution in [3.05, 3.63) is 18.2 Å². The summed E-state index contributed by atoms with van der Waals surface area (Å²) in [5, 5.41) is 7.36. The molecule has 0 aliphatic carbocycles. The Morgan fingerprint density at radius 3 is 2.62 bits per heavy atom. The quantitative estimate of drug-likeness (QED) is 0.362. The van der Waals surface area contributed by atoms with E-state index >= 15 is 0 Å². The second kappa shape index (κ2) is 3.70. The van der Waals surface area contributed by atoms with Crippen LogP contribution < -0.4 is 11.5 Å². The monoisotopic (exact) mass is 180 g/mol. The van der Waals surface area contributed by atoms with Crippen LogP contribution >= 0.6 is 0 Å². The topological polar surface area (TPSA) is 94.6 Å². The van der Waals surface area contributed by atoms with E-state index in [1.165, 1.54) is 0 Å². The van der Waals surface area contributed by atoms with Gasteiger partial charge < -0.3 is 16.0 Å². The van der Waals surface area contributed by atoms with Crippen molar-refractivity contribution in [2.45, 2.75) is 6.92 Å². The molecular weight excluding hydrogens is 168 g/mol. The first-order chi connectivity index (χ1) is 6.11. The van der Waals surface area contributed by atoms with Crippen molar-refractivity contribution >= 4 is 11.7 Å².